The molecule has 3 aromatic rings. The van der Waals surface area contributed by atoms with E-state index in [1.807, 2.05) is 26.0 Å². The van der Waals surface area contributed by atoms with Gasteiger partial charge in [-0.2, -0.15) is 5.10 Å². The first-order valence-corrected chi connectivity index (χ1v) is 9.75. The van der Waals surface area contributed by atoms with Crippen LogP contribution in [0.2, 0.25) is 5.02 Å². The molecule has 0 unspecified atom stereocenters. The summed E-state index contributed by atoms with van der Waals surface area (Å²) >= 11 is 6.31. The summed E-state index contributed by atoms with van der Waals surface area (Å²) in [6.07, 6.45) is 2.35. The molecule has 1 aliphatic heterocycles. The SMILES string of the molecule is Cc1cc(C)n(-c2ccc(C(=O)NCc3cc(Cl)c4c(c3)OCCCO4)cn2)n1. The highest BCUT2D eigenvalue weighted by molar-refractivity contribution is 6.32. The fraction of sp³-hybridized carbons (Fsp3) is 0.286. The minimum atomic E-state index is -0.222. The third-order valence-corrected chi connectivity index (χ3v) is 4.83. The van der Waals surface area contributed by atoms with Gasteiger partial charge in [0.2, 0.25) is 0 Å². The molecule has 29 heavy (non-hydrogen) atoms. The summed E-state index contributed by atoms with van der Waals surface area (Å²) < 4.78 is 13.1. The summed E-state index contributed by atoms with van der Waals surface area (Å²) in [4.78, 5) is 16.9. The number of aromatic nitrogens is 3. The molecule has 0 atom stereocenters. The Kier molecular flexibility index (Phi) is 5.40. The van der Waals surface area contributed by atoms with E-state index in [2.05, 4.69) is 15.4 Å². The average Bonchev–Trinajstić information content (AvgIpc) is 2.90. The number of fused-ring (bicyclic) bond motifs is 1. The fourth-order valence-corrected chi connectivity index (χ4v) is 3.46. The molecule has 2 aromatic heterocycles. The average molecular weight is 413 g/mol. The highest BCUT2D eigenvalue weighted by atomic mass is 35.5. The van der Waals surface area contributed by atoms with Gasteiger partial charge in [0.25, 0.3) is 5.91 Å². The van der Waals surface area contributed by atoms with Crippen LogP contribution in [0.3, 0.4) is 0 Å². The number of amides is 1. The van der Waals surface area contributed by atoms with Gasteiger partial charge in [-0.05, 0) is 49.7 Å². The van der Waals surface area contributed by atoms with Crippen LogP contribution in [0.5, 0.6) is 11.5 Å². The lowest BCUT2D eigenvalue weighted by atomic mass is 10.2. The molecular formula is C21H21ClN4O3. The van der Waals surface area contributed by atoms with Gasteiger partial charge in [-0.1, -0.05) is 11.6 Å². The molecule has 0 aliphatic carbocycles. The molecule has 150 valence electrons. The fourth-order valence-electron chi connectivity index (χ4n) is 3.18. The zero-order valence-electron chi connectivity index (χ0n) is 16.2. The first-order chi connectivity index (χ1) is 14.0. The molecule has 0 bridgehead atoms. The molecule has 4 rings (SSSR count). The van der Waals surface area contributed by atoms with Crippen molar-refractivity contribution in [3.8, 4) is 17.3 Å². The Balaban J connectivity index is 1.44. The molecular weight excluding hydrogens is 392 g/mol. The van der Waals surface area contributed by atoms with Gasteiger partial charge < -0.3 is 14.8 Å². The Bertz CT molecular complexity index is 1050. The van der Waals surface area contributed by atoms with Crippen molar-refractivity contribution in [2.45, 2.75) is 26.8 Å². The monoisotopic (exact) mass is 412 g/mol. The third kappa shape index (κ3) is 4.19. The molecule has 7 nitrogen and oxygen atoms in total. The molecule has 1 aromatic carbocycles. The van der Waals surface area contributed by atoms with Crippen LogP contribution >= 0.6 is 11.6 Å². The Hall–Kier alpha value is -3.06. The number of aryl methyl sites for hydroxylation is 2. The lowest BCUT2D eigenvalue weighted by Crippen LogP contribution is -2.23. The second kappa shape index (κ2) is 8.13. The quantitative estimate of drug-likeness (QED) is 0.708. The highest BCUT2D eigenvalue weighted by Crippen LogP contribution is 2.37. The topological polar surface area (TPSA) is 78.3 Å². The smallest absolute Gasteiger partial charge is 0.253 e. The summed E-state index contributed by atoms with van der Waals surface area (Å²) in [6, 6.07) is 9.10. The lowest BCUT2D eigenvalue weighted by Gasteiger charge is -2.12. The Morgan fingerprint density at radius 2 is 2.03 bits per heavy atom. The minimum Gasteiger partial charge on any atom is -0.489 e. The van der Waals surface area contributed by atoms with Gasteiger partial charge in [0.1, 0.15) is 0 Å². The van der Waals surface area contributed by atoms with Crippen LogP contribution in [0.4, 0.5) is 0 Å². The maximum Gasteiger partial charge on any atom is 0.253 e. The maximum absolute atomic E-state index is 12.5. The summed E-state index contributed by atoms with van der Waals surface area (Å²) in [7, 11) is 0. The van der Waals surface area contributed by atoms with Crippen molar-refractivity contribution in [1.82, 2.24) is 20.1 Å². The predicted octanol–water partition coefficient (Wildman–Crippen LogP) is 3.63. The van der Waals surface area contributed by atoms with Crippen LogP contribution in [0.25, 0.3) is 5.82 Å². The first kappa shape index (κ1) is 19.3. The Morgan fingerprint density at radius 1 is 1.21 bits per heavy atom. The molecule has 0 saturated heterocycles. The third-order valence-electron chi connectivity index (χ3n) is 4.55. The van der Waals surface area contributed by atoms with Crippen LogP contribution in [0.1, 0.15) is 33.7 Å². The van der Waals surface area contributed by atoms with E-state index in [0.29, 0.717) is 47.7 Å². The molecule has 1 amide bonds. The van der Waals surface area contributed by atoms with E-state index < -0.39 is 0 Å². The molecule has 3 heterocycles. The second-order valence-electron chi connectivity index (χ2n) is 6.88. The maximum atomic E-state index is 12.5. The minimum absolute atomic E-state index is 0.222. The van der Waals surface area contributed by atoms with Crippen molar-refractivity contribution in [3.63, 3.8) is 0 Å². The number of rotatable bonds is 4. The largest absolute Gasteiger partial charge is 0.489 e. The van der Waals surface area contributed by atoms with Gasteiger partial charge in [-0.25, -0.2) is 9.67 Å². The van der Waals surface area contributed by atoms with Crippen molar-refractivity contribution in [3.05, 3.63) is 64.1 Å². The number of ether oxygens (including phenoxy) is 2. The zero-order valence-corrected chi connectivity index (χ0v) is 17.0. The highest BCUT2D eigenvalue weighted by Gasteiger charge is 2.16. The van der Waals surface area contributed by atoms with Crippen molar-refractivity contribution in [1.29, 1.82) is 0 Å². The van der Waals surface area contributed by atoms with Gasteiger partial charge in [0, 0.05) is 24.9 Å². The summed E-state index contributed by atoms with van der Waals surface area (Å²) in [5.41, 5.74) is 3.20. The summed E-state index contributed by atoms with van der Waals surface area (Å²) in [5.74, 6) is 1.61. The van der Waals surface area contributed by atoms with Crippen LogP contribution < -0.4 is 14.8 Å². The van der Waals surface area contributed by atoms with Crippen LogP contribution in [0.15, 0.2) is 36.5 Å². The number of hydrogen-bond acceptors (Lipinski definition) is 5. The van der Waals surface area contributed by atoms with Gasteiger partial charge >= 0.3 is 0 Å². The van der Waals surface area contributed by atoms with E-state index >= 15 is 0 Å². The number of nitrogens with zero attached hydrogens (tertiary/aromatic N) is 3. The first-order valence-electron chi connectivity index (χ1n) is 9.37. The molecule has 0 radical (unpaired) electrons. The van der Waals surface area contributed by atoms with E-state index in [1.165, 1.54) is 0 Å². The number of halogens is 1. The van der Waals surface area contributed by atoms with Crippen molar-refractivity contribution >= 4 is 17.5 Å². The van der Waals surface area contributed by atoms with Gasteiger partial charge in [-0.15, -0.1) is 0 Å². The Labute approximate surface area is 173 Å². The van der Waals surface area contributed by atoms with Crippen molar-refractivity contribution in [2.24, 2.45) is 0 Å². The van der Waals surface area contributed by atoms with Gasteiger partial charge in [0.05, 0.1) is 29.5 Å². The molecule has 1 N–H and O–H groups in total. The van der Waals surface area contributed by atoms with E-state index in [0.717, 1.165) is 23.4 Å². The van der Waals surface area contributed by atoms with Crippen molar-refractivity contribution in [2.75, 3.05) is 13.2 Å². The lowest BCUT2D eigenvalue weighted by molar-refractivity contribution is 0.0950. The zero-order chi connectivity index (χ0) is 20.4. The molecule has 0 saturated carbocycles. The van der Waals surface area contributed by atoms with Crippen LogP contribution in [-0.2, 0) is 6.54 Å². The molecule has 1 aliphatic rings. The van der Waals surface area contributed by atoms with Crippen LogP contribution in [0, 0.1) is 13.8 Å². The number of hydrogen-bond donors (Lipinski definition) is 1. The number of benzene rings is 1. The number of nitrogens with one attached hydrogen (secondary N) is 1. The van der Waals surface area contributed by atoms with Gasteiger partial charge in [-0.3, -0.25) is 4.79 Å². The summed E-state index contributed by atoms with van der Waals surface area (Å²) in [5, 5.41) is 7.76. The van der Waals surface area contributed by atoms with E-state index in [1.54, 1.807) is 29.1 Å². The van der Waals surface area contributed by atoms with Crippen LogP contribution in [-0.4, -0.2) is 33.9 Å². The van der Waals surface area contributed by atoms with Gasteiger partial charge in [0.15, 0.2) is 17.3 Å². The normalized spacial score (nSPS) is 13.1. The number of carbonyl (C=O) groups is 1. The van der Waals surface area contributed by atoms with E-state index in [-0.39, 0.29) is 5.91 Å². The standard InChI is InChI=1S/C21H21ClN4O3/c1-13-8-14(2)26(25-13)19-5-4-16(12-23-19)21(27)24-11-15-9-17(22)20-18(10-15)28-6-3-7-29-20/h4-5,8-10,12H,3,6-7,11H2,1-2H3,(H,24,27). The second-order valence-corrected chi connectivity index (χ2v) is 7.29. The summed E-state index contributed by atoms with van der Waals surface area (Å²) in [6.45, 7) is 5.35. The molecule has 8 heteroatoms. The number of pyridine rings is 1. The van der Waals surface area contributed by atoms with E-state index in [4.69, 9.17) is 21.1 Å². The Morgan fingerprint density at radius 3 is 2.76 bits per heavy atom. The molecule has 0 spiro atoms. The molecule has 0 fully saturated rings. The van der Waals surface area contributed by atoms with Crippen molar-refractivity contribution < 1.29 is 14.3 Å². The number of carbonyl (C=O) groups excluding carboxylic acids is 1. The predicted molar refractivity (Wildman–Crippen MR) is 109 cm³/mol. The van der Waals surface area contributed by atoms with E-state index in [9.17, 15) is 4.79 Å².